The highest BCUT2D eigenvalue weighted by Crippen LogP contribution is 2.17. The lowest BCUT2D eigenvalue weighted by molar-refractivity contribution is 0.668. The Balaban J connectivity index is 2.89. The molecule has 1 rings (SSSR count). The van der Waals surface area contributed by atoms with Crippen molar-refractivity contribution >= 4 is 11.6 Å². The average Bonchev–Trinajstić information content (AvgIpc) is 2.21. The third kappa shape index (κ3) is 2.81. The Morgan fingerprint density at radius 3 is 2.20 bits per heavy atom. The highest BCUT2D eigenvalue weighted by Gasteiger charge is 2.09. The molecule has 0 aliphatic carbocycles. The zero-order valence-corrected chi connectivity index (χ0v) is 9.96. The standard InChI is InChI=1S/C11H20N4/c1-5-9(6-2)15-11-10(12)13-7(3)8(4)14-11/h9H,5-6H2,1-4H3,(H2,12,13)(H,14,15). The van der Waals surface area contributed by atoms with Crippen LogP contribution in [0.4, 0.5) is 11.6 Å². The van der Waals surface area contributed by atoms with E-state index in [1.165, 1.54) is 0 Å². The van der Waals surface area contributed by atoms with E-state index in [1.807, 2.05) is 13.8 Å². The van der Waals surface area contributed by atoms with Crippen molar-refractivity contribution in [1.82, 2.24) is 9.97 Å². The Bertz CT molecular complexity index is 332. The summed E-state index contributed by atoms with van der Waals surface area (Å²) in [7, 11) is 0. The van der Waals surface area contributed by atoms with Crippen LogP contribution in [0.25, 0.3) is 0 Å². The van der Waals surface area contributed by atoms with E-state index in [9.17, 15) is 0 Å². The van der Waals surface area contributed by atoms with Gasteiger partial charge in [0.05, 0.1) is 11.4 Å². The molecule has 0 aliphatic heterocycles. The van der Waals surface area contributed by atoms with E-state index in [-0.39, 0.29) is 0 Å². The first-order valence-corrected chi connectivity index (χ1v) is 5.45. The van der Waals surface area contributed by atoms with Gasteiger partial charge in [-0.2, -0.15) is 0 Å². The fraction of sp³-hybridized carbons (Fsp3) is 0.636. The van der Waals surface area contributed by atoms with Crippen molar-refractivity contribution in [2.75, 3.05) is 11.1 Å². The summed E-state index contributed by atoms with van der Waals surface area (Å²) in [6, 6.07) is 0.420. The maximum absolute atomic E-state index is 5.81. The topological polar surface area (TPSA) is 63.8 Å². The van der Waals surface area contributed by atoms with Crippen molar-refractivity contribution in [2.24, 2.45) is 0 Å². The van der Waals surface area contributed by atoms with Crippen molar-refractivity contribution < 1.29 is 0 Å². The number of anilines is 2. The number of nitrogen functional groups attached to an aromatic ring is 1. The minimum Gasteiger partial charge on any atom is -0.381 e. The zero-order chi connectivity index (χ0) is 11.4. The quantitative estimate of drug-likeness (QED) is 0.796. The summed E-state index contributed by atoms with van der Waals surface area (Å²) < 4.78 is 0. The summed E-state index contributed by atoms with van der Waals surface area (Å²) in [6.07, 6.45) is 2.12. The Morgan fingerprint density at radius 1 is 1.13 bits per heavy atom. The maximum Gasteiger partial charge on any atom is 0.169 e. The molecule has 0 unspecified atom stereocenters. The molecular weight excluding hydrogens is 188 g/mol. The molecule has 0 amide bonds. The van der Waals surface area contributed by atoms with Gasteiger partial charge in [0, 0.05) is 6.04 Å². The lowest BCUT2D eigenvalue weighted by Crippen LogP contribution is -2.20. The molecule has 4 nitrogen and oxygen atoms in total. The van der Waals surface area contributed by atoms with Crippen LogP contribution in [-0.2, 0) is 0 Å². The third-order valence-electron chi connectivity index (χ3n) is 2.66. The summed E-state index contributed by atoms with van der Waals surface area (Å²) in [5.74, 6) is 1.21. The SMILES string of the molecule is CCC(CC)Nc1nc(C)c(C)nc1N. The molecule has 1 aromatic heterocycles. The number of aryl methyl sites for hydroxylation is 2. The molecule has 0 fully saturated rings. The lowest BCUT2D eigenvalue weighted by atomic mass is 10.2. The zero-order valence-electron chi connectivity index (χ0n) is 9.96. The Morgan fingerprint density at radius 2 is 1.67 bits per heavy atom. The van der Waals surface area contributed by atoms with E-state index < -0.39 is 0 Å². The van der Waals surface area contributed by atoms with E-state index in [2.05, 4.69) is 29.1 Å². The first kappa shape index (κ1) is 11.8. The van der Waals surface area contributed by atoms with Gasteiger partial charge in [0.2, 0.25) is 0 Å². The summed E-state index contributed by atoms with van der Waals surface area (Å²) in [6.45, 7) is 8.15. The molecule has 0 spiro atoms. The van der Waals surface area contributed by atoms with Crippen molar-refractivity contribution in [3.05, 3.63) is 11.4 Å². The molecular formula is C11H20N4. The summed E-state index contributed by atoms with van der Waals surface area (Å²) >= 11 is 0. The molecule has 1 heterocycles. The first-order valence-electron chi connectivity index (χ1n) is 5.45. The molecule has 3 N–H and O–H groups in total. The first-order chi connectivity index (χ1) is 7.08. The van der Waals surface area contributed by atoms with Crippen LogP contribution in [0, 0.1) is 13.8 Å². The highest BCUT2D eigenvalue weighted by atomic mass is 15.1. The maximum atomic E-state index is 5.81. The molecule has 0 bridgehead atoms. The normalized spacial score (nSPS) is 10.7. The van der Waals surface area contributed by atoms with Gasteiger partial charge in [0.15, 0.2) is 11.6 Å². The van der Waals surface area contributed by atoms with Crippen molar-refractivity contribution in [3.63, 3.8) is 0 Å². The highest BCUT2D eigenvalue weighted by molar-refractivity contribution is 5.57. The van der Waals surface area contributed by atoms with Crippen LogP contribution in [-0.4, -0.2) is 16.0 Å². The van der Waals surface area contributed by atoms with E-state index in [1.54, 1.807) is 0 Å². The molecule has 0 aliphatic rings. The van der Waals surface area contributed by atoms with Crippen LogP contribution in [0.15, 0.2) is 0 Å². The Hall–Kier alpha value is -1.32. The Labute approximate surface area is 91.3 Å². The molecule has 15 heavy (non-hydrogen) atoms. The molecule has 0 aromatic carbocycles. The van der Waals surface area contributed by atoms with Crippen molar-refractivity contribution in [2.45, 2.75) is 46.6 Å². The summed E-state index contributed by atoms with van der Waals surface area (Å²) in [5.41, 5.74) is 7.63. The van der Waals surface area contributed by atoms with Crippen LogP contribution in [0.2, 0.25) is 0 Å². The number of nitrogens with zero attached hydrogens (tertiary/aromatic N) is 2. The number of aromatic nitrogens is 2. The second-order valence-corrected chi connectivity index (χ2v) is 3.79. The van der Waals surface area contributed by atoms with E-state index in [4.69, 9.17) is 5.73 Å². The molecule has 4 heteroatoms. The van der Waals surface area contributed by atoms with Crippen LogP contribution in [0.5, 0.6) is 0 Å². The number of nitrogens with one attached hydrogen (secondary N) is 1. The van der Waals surface area contributed by atoms with Crippen LogP contribution < -0.4 is 11.1 Å². The second-order valence-electron chi connectivity index (χ2n) is 3.79. The lowest BCUT2D eigenvalue weighted by Gasteiger charge is -2.17. The summed E-state index contributed by atoms with van der Waals surface area (Å²) in [4.78, 5) is 8.66. The van der Waals surface area contributed by atoms with Crippen molar-refractivity contribution in [1.29, 1.82) is 0 Å². The van der Waals surface area contributed by atoms with Crippen LogP contribution >= 0.6 is 0 Å². The van der Waals surface area contributed by atoms with Gasteiger partial charge in [0.1, 0.15) is 0 Å². The molecule has 0 saturated carbocycles. The number of hydrogen-bond acceptors (Lipinski definition) is 4. The predicted octanol–water partition coefficient (Wildman–Crippen LogP) is 2.28. The van der Waals surface area contributed by atoms with Gasteiger partial charge in [-0.15, -0.1) is 0 Å². The largest absolute Gasteiger partial charge is 0.381 e. The van der Waals surface area contributed by atoms with Gasteiger partial charge in [-0.25, -0.2) is 9.97 Å². The molecule has 0 atom stereocenters. The molecule has 1 aromatic rings. The Kier molecular flexibility index (Phi) is 3.88. The number of hydrogen-bond donors (Lipinski definition) is 2. The van der Waals surface area contributed by atoms with Crippen molar-refractivity contribution in [3.8, 4) is 0 Å². The second kappa shape index (κ2) is 4.96. The minimum absolute atomic E-state index is 0.420. The van der Waals surface area contributed by atoms with E-state index in [0.29, 0.717) is 17.7 Å². The third-order valence-corrected chi connectivity index (χ3v) is 2.66. The monoisotopic (exact) mass is 208 g/mol. The molecule has 84 valence electrons. The number of rotatable bonds is 4. The van der Waals surface area contributed by atoms with Crippen LogP contribution in [0.3, 0.4) is 0 Å². The van der Waals surface area contributed by atoms with Crippen LogP contribution in [0.1, 0.15) is 38.1 Å². The fourth-order valence-electron chi connectivity index (χ4n) is 1.41. The van der Waals surface area contributed by atoms with Gasteiger partial charge >= 0.3 is 0 Å². The predicted molar refractivity (Wildman–Crippen MR) is 63.9 cm³/mol. The molecule has 0 saturated heterocycles. The number of nitrogens with two attached hydrogens (primary N) is 1. The van der Waals surface area contributed by atoms with E-state index in [0.717, 1.165) is 24.2 Å². The van der Waals surface area contributed by atoms with Gasteiger partial charge < -0.3 is 11.1 Å². The fourth-order valence-corrected chi connectivity index (χ4v) is 1.41. The summed E-state index contributed by atoms with van der Waals surface area (Å²) in [5, 5.41) is 3.32. The molecule has 0 radical (unpaired) electrons. The van der Waals surface area contributed by atoms with Gasteiger partial charge in [-0.1, -0.05) is 13.8 Å². The van der Waals surface area contributed by atoms with Gasteiger partial charge in [0.25, 0.3) is 0 Å². The van der Waals surface area contributed by atoms with Gasteiger partial charge in [-0.3, -0.25) is 0 Å². The van der Waals surface area contributed by atoms with Gasteiger partial charge in [-0.05, 0) is 26.7 Å². The van der Waals surface area contributed by atoms with E-state index >= 15 is 0 Å². The smallest absolute Gasteiger partial charge is 0.169 e. The average molecular weight is 208 g/mol. The minimum atomic E-state index is 0.420.